The van der Waals surface area contributed by atoms with Crippen molar-refractivity contribution in [2.75, 3.05) is 27.9 Å². The van der Waals surface area contributed by atoms with Gasteiger partial charge in [-0.25, -0.2) is 0 Å². The molecule has 0 unspecified atom stereocenters. The van der Waals surface area contributed by atoms with Crippen molar-refractivity contribution in [3.05, 3.63) is 71.1 Å². The molecule has 2 amide bonds. The molecule has 0 spiro atoms. The Morgan fingerprint density at radius 3 is 2.20 bits per heavy atom. The Kier molecular flexibility index (Phi) is 8.72. The zero-order valence-corrected chi connectivity index (χ0v) is 20.7. The summed E-state index contributed by atoms with van der Waals surface area (Å²) in [6, 6.07) is 14.3. The van der Waals surface area contributed by atoms with Crippen molar-refractivity contribution in [1.29, 1.82) is 0 Å². The normalized spacial score (nSPS) is 10.7. The van der Waals surface area contributed by atoms with Gasteiger partial charge in [0.05, 0.1) is 27.9 Å². The molecule has 9 heteroatoms. The Bertz CT molecular complexity index is 1120. The zero-order valence-electron chi connectivity index (χ0n) is 20.7. The highest BCUT2D eigenvalue weighted by Crippen LogP contribution is 2.38. The van der Waals surface area contributed by atoms with E-state index in [0.29, 0.717) is 47.6 Å². The first kappa shape index (κ1) is 25.6. The summed E-state index contributed by atoms with van der Waals surface area (Å²) in [4.78, 5) is 27.6. The van der Waals surface area contributed by atoms with Crippen LogP contribution in [0.15, 0.2) is 53.1 Å². The second kappa shape index (κ2) is 11.9. The van der Waals surface area contributed by atoms with Gasteiger partial charge in [-0.2, -0.15) is 0 Å². The van der Waals surface area contributed by atoms with Crippen LogP contribution in [0.25, 0.3) is 0 Å². The number of methoxy groups -OCH3 is 3. The molecule has 3 rings (SSSR count). The van der Waals surface area contributed by atoms with E-state index in [0.717, 1.165) is 5.56 Å². The number of benzene rings is 2. The van der Waals surface area contributed by atoms with Crippen molar-refractivity contribution in [2.24, 2.45) is 5.92 Å². The van der Waals surface area contributed by atoms with Crippen LogP contribution in [0.3, 0.4) is 0 Å². The van der Waals surface area contributed by atoms with Crippen molar-refractivity contribution in [1.82, 2.24) is 15.4 Å². The van der Waals surface area contributed by atoms with Crippen LogP contribution in [0.5, 0.6) is 17.2 Å². The summed E-state index contributed by atoms with van der Waals surface area (Å²) in [6.07, 6.45) is 0. The Morgan fingerprint density at radius 2 is 1.63 bits per heavy atom. The molecule has 3 aromatic rings. The Labute approximate surface area is 204 Å². The molecular weight excluding hydrogens is 450 g/mol. The fourth-order valence-electron chi connectivity index (χ4n) is 3.46. The average molecular weight is 482 g/mol. The number of hydrogen-bond acceptors (Lipinski definition) is 7. The smallest absolute Gasteiger partial charge is 0.273 e. The molecule has 0 atom stereocenters. The lowest BCUT2D eigenvalue weighted by Crippen LogP contribution is -2.30. The topological polar surface area (TPSA) is 103 Å². The molecular formula is C26H31N3O6. The fraction of sp³-hybridized carbons (Fsp3) is 0.346. The molecule has 1 heterocycles. The van der Waals surface area contributed by atoms with Crippen LogP contribution >= 0.6 is 0 Å². The molecule has 0 saturated heterocycles. The van der Waals surface area contributed by atoms with Crippen LogP contribution in [-0.2, 0) is 13.1 Å². The van der Waals surface area contributed by atoms with Gasteiger partial charge in [0.15, 0.2) is 23.0 Å². The quantitative estimate of drug-likeness (QED) is 0.443. The molecule has 0 aliphatic carbocycles. The molecule has 35 heavy (non-hydrogen) atoms. The SMILES string of the molecule is COc1cc(C(=O)N(Cc2ccccc2)Cc2cc(C(=O)NCC(C)C)no2)cc(OC)c1OC. The van der Waals surface area contributed by atoms with Gasteiger partial charge >= 0.3 is 0 Å². The van der Waals surface area contributed by atoms with E-state index in [-0.39, 0.29) is 24.1 Å². The molecule has 1 N–H and O–H groups in total. The number of carbonyl (C=O) groups excluding carboxylic acids is 2. The van der Waals surface area contributed by atoms with Gasteiger partial charge in [0.25, 0.3) is 11.8 Å². The third-order valence-electron chi connectivity index (χ3n) is 5.22. The maximum absolute atomic E-state index is 13.6. The van der Waals surface area contributed by atoms with E-state index in [2.05, 4.69) is 10.5 Å². The van der Waals surface area contributed by atoms with E-state index in [1.54, 1.807) is 23.1 Å². The third kappa shape index (κ3) is 6.53. The van der Waals surface area contributed by atoms with E-state index in [4.69, 9.17) is 18.7 Å². The van der Waals surface area contributed by atoms with Gasteiger partial charge in [-0.05, 0) is 23.6 Å². The summed E-state index contributed by atoms with van der Waals surface area (Å²) in [5.74, 6) is 1.24. The van der Waals surface area contributed by atoms with Gasteiger partial charge in [0.2, 0.25) is 5.75 Å². The highest BCUT2D eigenvalue weighted by molar-refractivity contribution is 5.96. The average Bonchev–Trinajstić information content (AvgIpc) is 3.34. The van der Waals surface area contributed by atoms with Crippen molar-refractivity contribution < 1.29 is 28.3 Å². The third-order valence-corrected chi connectivity index (χ3v) is 5.22. The van der Waals surface area contributed by atoms with Gasteiger partial charge < -0.3 is 29.0 Å². The molecule has 0 saturated carbocycles. The number of ether oxygens (including phenoxy) is 3. The van der Waals surface area contributed by atoms with Crippen molar-refractivity contribution in [3.8, 4) is 17.2 Å². The zero-order chi connectivity index (χ0) is 25.4. The summed E-state index contributed by atoms with van der Waals surface area (Å²) >= 11 is 0. The van der Waals surface area contributed by atoms with Crippen LogP contribution in [-0.4, -0.2) is 49.7 Å². The second-order valence-electron chi connectivity index (χ2n) is 8.34. The van der Waals surface area contributed by atoms with Crippen LogP contribution in [0, 0.1) is 5.92 Å². The molecule has 0 aliphatic heterocycles. The lowest BCUT2D eigenvalue weighted by Gasteiger charge is -2.23. The van der Waals surface area contributed by atoms with Crippen LogP contribution < -0.4 is 19.5 Å². The Hall–Kier alpha value is -4.01. The van der Waals surface area contributed by atoms with Crippen LogP contribution in [0.1, 0.15) is 46.0 Å². The monoisotopic (exact) mass is 481 g/mol. The van der Waals surface area contributed by atoms with Gasteiger partial charge in [-0.1, -0.05) is 49.3 Å². The molecule has 0 aliphatic rings. The maximum atomic E-state index is 13.6. The van der Waals surface area contributed by atoms with E-state index < -0.39 is 0 Å². The molecule has 0 fully saturated rings. The summed E-state index contributed by atoms with van der Waals surface area (Å²) < 4.78 is 21.6. The summed E-state index contributed by atoms with van der Waals surface area (Å²) in [6.45, 7) is 4.96. The van der Waals surface area contributed by atoms with E-state index >= 15 is 0 Å². The maximum Gasteiger partial charge on any atom is 0.273 e. The number of nitrogens with zero attached hydrogens (tertiary/aromatic N) is 2. The predicted octanol–water partition coefficient (Wildman–Crippen LogP) is 3.93. The number of aromatic nitrogens is 1. The minimum atomic E-state index is -0.320. The second-order valence-corrected chi connectivity index (χ2v) is 8.34. The van der Waals surface area contributed by atoms with Gasteiger partial charge in [0, 0.05) is 24.7 Å². The lowest BCUT2D eigenvalue weighted by molar-refractivity contribution is 0.0712. The predicted molar refractivity (Wildman–Crippen MR) is 130 cm³/mol. The molecule has 186 valence electrons. The van der Waals surface area contributed by atoms with Gasteiger partial charge in [0.1, 0.15) is 0 Å². The number of carbonyl (C=O) groups is 2. The van der Waals surface area contributed by atoms with E-state index in [1.165, 1.54) is 21.3 Å². The van der Waals surface area contributed by atoms with Gasteiger partial charge in [-0.3, -0.25) is 9.59 Å². The number of hydrogen-bond donors (Lipinski definition) is 1. The van der Waals surface area contributed by atoms with Gasteiger partial charge in [-0.15, -0.1) is 0 Å². The molecule has 0 radical (unpaired) electrons. The number of amides is 2. The highest BCUT2D eigenvalue weighted by atomic mass is 16.5. The first-order chi connectivity index (χ1) is 16.9. The minimum absolute atomic E-state index is 0.106. The summed E-state index contributed by atoms with van der Waals surface area (Å²) in [5.41, 5.74) is 1.45. The molecule has 0 bridgehead atoms. The highest BCUT2D eigenvalue weighted by Gasteiger charge is 2.24. The largest absolute Gasteiger partial charge is 0.493 e. The molecule has 2 aromatic carbocycles. The van der Waals surface area contributed by atoms with Crippen molar-refractivity contribution in [2.45, 2.75) is 26.9 Å². The first-order valence-corrected chi connectivity index (χ1v) is 11.2. The number of nitrogens with one attached hydrogen (secondary N) is 1. The lowest BCUT2D eigenvalue weighted by atomic mass is 10.1. The van der Waals surface area contributed by atoms with Crippen LogP contribution in [0.2, 0.25) is 0 Å². The molecule has 1 aromatic heterocycles. The Balaban J connectivity index is 1.90. The van der Waals surface area contributed by atoms with E-state index in [1.807, 2.05) is 44.2 Å². The minimum Gasteiger partial charge on any atom is -0.493 e. The standard InChI is InChI=1S/C26H31N3O6/c1-17(2)14-27-25(30)21-13-20(35-28-21)16-29(15-18-9-7-6-8-10-18)26(31)19-11-22(32-3)24(34-5)23(12-19)33-4/h6-13,17H,14-16H2,1-5H3,(H,27,30). The van der Waals surface area contributed by atoms with Crippen molar-refractivity contribution in [3.63, 3.8) is 0 Å². The van der Waals surface area contributed by atoms with E-state index in [9.17, 15) is 9.59 Å². The summed E-state index contributed by atoms with van der Waals surface area (Å²) in [7, 11) is 4.49. The van der Waals surface area contributed by atoms with Crippen LogP contribution in [0.4, 0.5) is 0 Å². The first-order valence-electron chi connectivity index (χ1n) is 11.2. The molecule has 9 nitrogen and oxygen atoms in total. The fourth-order valence-corrected chi connectivity index (χ4v) is 3.46. The number of rotatable bonds is 11. The van der Waals surface area contributed by atoms with Crippen molar-refractivity contribution >= 4 is 11.8 Å². The Morgan fingerprint density at radius 1 is 0.971 bits per heavy atom. The summed E-state index contributed by atoms with van der Waals surface area (Å²) in [5, 5.41) is 6.69.